The molecule has 1 aliphatic rings. The molecule has 2 aromatic carbocycles. The number of fused-ring (bicyclic) bond motifs is 1. The van der Waals surface area contributed by atoms with Crippen molar-refractivity contribution in [3.63, 3.8) is 0 Å². The van der Waals surface area contributed by atoms with Crippen LogP contribution in [-0.4, -0.2) is 17.9 Å². The summed E-state index contributed by atoms with van der Waals surface area (Å²) in [6.45, 7) is 2.31. The van der Waals surface area contributed by atoms with Gasteiger partial charge in [0.05, 0.1) is 0 Å². The molecule has 1 aliphatic heterocycles. The van der Waals surface area contributed by atoms with Gasteiger partial charge in [-0.3, -0.25) is 4.79 Å². The van der Waals surface area contributed by atoms with Crippen LogP contribution in [0, 0.1) is 0 Å². The molecule has 0 saturated carbocycles. The van der Waals surface area contributed by atoms with Gasteiger partial charge < -0.3 is 10.2 Å². The molecule has 0 radical (unpaired) electrons. The maximum Gasteiger partial charge on any atom is 0.253 e. The highest BCUT2D eigenvalue weighted by Crippen LogP contribution is 2.18. The summed E-state index contributed by atoms with van der Waals surface area (Å²) in [5.41, 5.74) is 4.32. The topological polar surface area (TPSA) is 32.3 Å². The van der Waals surface area contributed by atoms with E-state index in [1.807, 2.05) is 49.5 Å². The van der Waals surface area contributed by atoms with E-state index in [4.69, 9.17) is 11.6 Å². The molecule has 0 saturated heterocycles. The van der Waals surface area contributed by atoms with E-state index in [9.17, 15) is 4.79 Å². The molecule has 4 heteroatoms. The Morgan fingerprint density at radius 3 is 2.62 bits per heavy atom. The zero-order valence-electron chi connectivity index (χ0n) is 11.9. The molecule has 0 aromatic heterocycles. The van der Waals surface area contributed by atoms with Crippen LogP contribution < -0.4 is 5.32 Å². The molecular formula is C17H17ClN2O. The van der Waals surface area contributed by atoms with Crippen LogP contribution in [0.25, 0.3) is 0 Å². The summed E-state index contributed by atoms with van der Waals surface area (Å²) in [6, 6.07) is 13.5. The molecule has 0 spiro atoms. The Labute approximate surface area is 129 Å². The molecule has 0 atom stereocenters. The normalized spacial score (nSPS) is 13.0. The molecule has 3 rings (SSSR count). The van der Waals surface area contributed by atoms with Crippen LogP contribution in [0.5, 0.6) is 0 Å². The fourth-order valence-corrected chi connectivity index (χ4v) is 2.71. The van der Waals surface area contributed by atoms with Crippen LogP contribution in [0.3, 0.4) is 0 Å². The van der Waals surface area contributed by atoms with Gasteiger partial charge in [-0.1, -0.05) is 29.8 Å². The van der Waals surface area contributed by atoms with Crippen LogP contribution in [-0.2, 0) is 19.6 Å². The lowest BCUT2D eigenvalue weighted by atomic mass is 10.1. The average molecular weight is 301 g/mol. The van der Waals surface area contributed by atoms with Crippen LogP contribution >= 0.6 is 11.6 Å². The molecule has 21 heavy (non-hydrogen) atoms. The minimum atomic E-state index is 0.0413. The van der Waals surface area contributed by atoms with Crippen LogP contribution in [0.4, 0.5) is 0 Å². The monoisotopic (exact) mass is 300 g/mol. The highest BCUT2D eigenvalue weighted by Gasteiger charge is 2.16. The fraction of sp³-hybridized carbons (Fsp3) is 0.235. The van der Waals surface area contributed by atoms with Gasteiger partial charge >= 0.3 is 0 Å². The smallest absolute Gasteiger partial charge is 0.253 e. The van der Waals surface area contributed by atoms with Gasteiger partial charge in [0.15, 0.2) is 0 Å². The van der Waals surface area contributed by atoms with Gasteiger partial charge in [0.25, 0.3) is 5.91 Å². The van der Waals surface area contributed by atoms with Crippen LogP contribution in [0.2, 0.25) is 5.02 Å². The lowest BCUT2D eigenvalue weighted by Crippen LogP contribution is -2.26. The van der Waals surface area contributed by atoms with Crippen molar-refractivity contribution >= 4 is 17.5 Å². The summed E-state index contributed by atoms with van der Waals surface area (Å²) in [4.78, 5) is 14.2. The third kappa shape index (κ3) is 3.09. The summed E-state index contributed by atoms with van der Waals surface area (Å²) in [7, 11) is 1.82. The Kier molecular flexibility index (Phi) is 3.95. The number of carbonyl (C=O) groups is 1. The van der Waals surface area contributed by atoms with Gasteiger partial charge in [0, 0.05) is 37.3 Å². The maximum absolute atomic E-state index is 12.5. The van der Waals surface area contributed by atoms with E-state index >= 15 is 0 Å². The van der Waals surface area contributed by atoms with Crippen LogP contribution in [0.1, 0.15) is 27.0 Å². The molecule has 0 aliphatic carbocycles. The molecule has 1 N–H and O–H groups in total. The van der Waals surface area contributed by atoms with Gasteiger partial charge in [-0.15, -0.1) is 0 Å². The molecule has 2 aromatic rings. The second kappa shape index (κ2) is 5.88. The second-order valence-corrected chi connectivity index (χ2v) is 5.81. The number of nitrogens with one attached hydrogen (secondary N) is 1. The minimum absolute atomic E-state index is 0.0413. The number of nitrogens with zero attached hydrogens (tertiary/aromatic N) is 1. The van der Waals surface area contributed by atoms with E-state index in [0.29, 0.717) is 11.6 Å². The van der Waals surface area contributed by atoms with Crippen molar-refractivity contribution in [1.82, 2.24) is 10.2 Å². The number of hydrogen-bond donors (Lipinski definition) is 1. The number of carbonyl (C=O) groups excluding carboxylic acids is 1. The van der Waals surface area contributed by atoms with Crippen molar-refractivity contribution in [2.45, 2.75) is 19.6 Å². The first kappa shape index (κ1) is 14.1. The van der Waals surface area contributed by atoms with Gasteiger partial charge in [-0.05, 0) is 41.0 Å². The fourth-order valence-electron chi connectivity index (χ4n) is 2.58. The predicted octanol–water partition coefficient (Wildman–Crippen LogP) is 3.22. The average Bonchev–Trinajstić information content (AvgIpc) is 2.96. The van der Waals surface area contributed by atoms with E-state index in [2.05, 4.69) is 5.32 Å². The standard InChI is InChI=1S/C17H17ClN2O/c1-20(11-12-2-6-16(18)7-3-12)17(21)13-4-5-14-9-19-10-15(14)8-13/h2-8,19H,9-11H2,1H3. The first-order valence-electron chi connectivity index (χ1n) is 6.96. The molecule has 0 unspecified atom stereocenters. The van der Waals surface area contributed by atoms with E-state index < -0.39 is 0 Å². The van der Waals surface area contributed by atoms with Crippen molar-refractivity contribution in [3.05, 3.63) is 69.7 Å². The SMILES string of the molecule is CN(Cc1ccc(Cl)cc1)C(=O)c1ccc2c(c1)CNC2. The van der Waals surface area contributed by atoms with E-state index in [0.717, 1.165) is 24.2 Å². The number of benzene rings is 2. The van der Waals surface area contributed by atoms with Crippen molar-refractivity contribution in [1.29, 1.82) is 0 Å². The largest absolute Gasteiger partial charge is 0.337 e. The summed E-state index contributed by atoms with van der Waals surface area (Å²) < 4.78 is 0. The molecular weight excluding hydrogens is 284 g/mol. The predicted molar refractivity (Wildman–Crippen MR) is 84.2 cm³/mol. The molecule has 0 bridgehead atoms. The number of hydrogen-bond acceptors (Lipinski definition) is 2. The summed E-state index contributed by atoms with van der Waals surface area (Å²) in [5.74, 6) is 0.0413. The Morgan fingerprint density at radius 2 is 1.86 bits per heavy atom. The Bertz CT molecular complexity index is 667. The Hall–Kier alpha value is -1.84. The van der Waals surface area contributed by atoms with Gasteiger partial charge in [-0.2, -0.15) is 0 Å². The quantitative estimate of drug-likeness (QED) is 0.944. The van der Waals surface area contributed by atoms with Crippen molar-refractivity contribution < 1.29 is 4.79 Å². The highest BCUT2D eigenvalue weighted by atomic mass is 35.5. The van der Waals surface area contributed by atoms with Crippen molar-refractivity contribution in [2.75, 3.05) is 7.05 Å². The van der Waals surface area contributed by atoms with Crippen molar-refractivity contribution in [2.24, 2.45) is 0 Å². The first-order chi connectivity index (χ1) is 10.1. The van der Waals surface area contributed by atoms with Gasteiger partial charge in [0.1, 0.15) is 0 Å². The van der Waals surface area contributed by atoms with E-state index in [1.165, 1.54) is 11.1 Å². The summed E-state index contributed by atoms with van der Waals surface area (Å²) in [6.07, 6.45) is 0. The minimum Gasteiger partial charge on any atom is -0.337 e. The second-order valence-electron chi connectivity index (χ2n) is 5.37. The lowest BCUT2D eigenvalue weighted by molar-refractivity contribution is 0.0785. The van der Waals surface area contributed by atoms with Gasteiger partial charge in [-0.25, -0.2) is 0 Å². The Balaban J connectivity index is 1.73. The molecule has 108 valence electrons. The van der Waals surface area contributed by atoms with E-state index in [-0.39, 0.29) is 5.91 Å². The van der Waals surface area contributed by atoms with Crippen molar-refractivity contribution in [3.8, 4) is 0 Å². The third-order valence-corrected chi connectivity index (χ3v) is 4.02. The summed E-state index contributed by atoms with van der Waals surface area (Å²) >= 11 is 5.87. The van der Waals surface area contributed by atoms with E-state index in [1.54, 1.807) is 4.90 Å². The van der Waals surface area contributed by atoms with Crippen LogP contribution in [0.15, 0.2) is 42.5 Å². The molecule has 0 fully saturated rings. The lowest BCUT2D eigenvalue weighted by Gasteiger charge is -2.18. The third-order valence-electron chi connectivity index (χ3n) is 3.76. The molecule has 1 heterocycles. The Morgan fingerprint density at radius 1 is 1.14 bits per heavy atom. The number of amides is 1. The zero-order valence-corrected chi connectivity index (χ0v) is 12.7. The molecule has 3 nitrogen and oxygen atoms in total. The number of halogens is 1. The number of rotatable bonds is 3. The maximum atomic E-state index is 12.5. The zero-order chi connectivity index (χ0) is 14.8. The highest BCUT2D eigenvalue weighted by molar-refractivity contribution is 6.30. The first-order valence-corrected chi connectivity index (χ1v) is 7.34. The molecule has 1 amide bonds. The summed E-state index contributed by atoms with van der Waals surface area (Å²) in [5, 5.41) is 4.00. The van der Waals surface area contributed by atoms with Gasteiger partial charge in [0.2, 0.25) is 0 Å².